The average molecular weight is 577 g/mol. The van der Waals surface area contributed by atoms with Gasteiger partial charge in [0.05, 0.1) is 22.3 Å². The first-order valence-electron chi connectivity index (χ1n) is 12.8. The molecule has 0 aliphatic heterocycles. The summed E-state index contributed by atoms with van der Waals surface area (Å²) >= 11 is 1.18. The Bertz CT molecular complexity index is 2260. The number of ether oxygens (including phenoxy) is 1. The van der Waals surface area contributed by atoms with Crippen molar-refractivity contribution in [1.82, 2.24) is 24.4 Å². The summed E-state index contributed by atoms with van der Waals surface area (Å²) in [6.07, 6.45) is 3.48. The highest BCUT2D eigenvalue weighted by Crippen LogP contribution is 2.34. The number of nitrogens with zero attached hydrogens (tertiary/aromatic N) is 6. The van der Waals surface area contributed by atoms with E-state index < -0.39 is 4.92 Å². The predicted molar refractivity (Wildman–Crippen MR) is 158 cm³/mol. The van der Waals surface area contributed by atoms with Gasteiger partial charge in [0.15, 0.2) is 11.5 Å². The minimum absolute atomic E-state index is 0.139. The maximum Gasteiger partial charge on any atom is 0.311 e. The Labute approximate surface area is 240 Å². The molecule has 4 heterocycles. The monoisotopic (exact) mass is 576 g/mol. The molecule has 0 unspecified atom stereocenters. The molecular formula is C30H20N6O5S. The van der Waals surface area contributed by atoms with Gasteiger partial charge in [-0.2, -0.15) is 14.6 Å². The molecule has 0 radical (unpaired) electrons. The van der Waals surface area contributed by atoms with Crippen molar-refractivity contribution in [1.29, 1.82) is 0 Å². The van der Waals surface area contributed by atoms with Gasteiger partial charge < -0.3 is 9.15 Å². The Balaban J connectivity index is 1.37. The quantitative estimate of drug-likeness (QED) is 0.195. The van der Waals surface area contributed by atoms with Crippen LogP contribution in [-0.2, 0) is 0 Å². The van der Waals surface area contributed by atoms with Gasteiger partial charge in [0.2, 0.25) is 10.8 Å². The molecule has 3 aromatic carbocycles. The number of aryl methyl sites for hydroxylation is 1. The molecule has 0 aliphatic carbocycles. The van der Waals surface area contributed by atoms with Gasteiger partial charge in [-0.3, -0.25) is 14.9 Å². The van der Waals surface area contributed by atoms with E-state index in [1.54, 1.807) is 23.0 Å². The number of para-hydroxylation sites is 2. The molecule has 0 saturated carbocycles. The summed E-state index contributed by atoms with van der Waals surface area (Å²) < 4.78 is 14.5. The number of furan rings is 1. The number of rotatable bonds is 6. The summed E-state index contributed by atoms with van der Waals surface area (Å²) in [5.74, 6) is 0.992. The van der Waals surface area contributed by atoms with E-state index in [1.165, 1.54) is 35.1 Å². The van der Waals surface area contributed by atoms with Crippen molar-refractivity contribution in [3.63, 3.8) is 0 Å². The third-order valence-corrected chi connectivity index (χ3v) is 7.89. The first-order chi connectivity index (χ1) is 20.4. The zero-order valence-electron chi connectivity index (χ0n) is 22.2. The standard InChI is InChI=1S/C30H20N6O5S/c1-17-21-10-6-7-11-23(21)41-27(17)28-31-30-35(33-28)29(37)25(42-30)15-19-16-34(20-8-4-3-5-9-20)32-26(19)18-12-13-24(40-2)22(14-18)36(38)39/h3-16H,1-2H3. The van der Waals surface area contributed by atoms with Crippen molar-refractivity contribution in [2.24, 2.45) is 0 Å². The van der Waals surface area contributed by atoms with Crippen molar-refractivity contribution >= 4 is 39.0 Å². The number of thiazole rings is 1. The van der Waals surface area contributed by atoms with Crippen LogP contribution in [0.3, 0.4) is 0 Å². The van der Waals surface area contributed by atoms with Crippen LogP contribution in [0.4, 0.5) is 5.69 Å². The molecule has 206 valence electrons. The molecule has 0 atom stereocenters. The number of hydrogen-bond acceptors (Lipinski definition) is 9. The fourth-order valence-corrected chi connectivity index (χ4v) is 5.77. The average Bonchev–Trinajstić information content (AvgIpc) is 3.77. The van der Waals surface area contributed by atoms with E-state index in [4.69, 9.17) is 14.3 Å². The van der Waals surface area contributed by atoms with Gasteiger partial charge in [-0.25, -0.2) is 4.68 Å². The predicted octanol–water partition coefficient (Wildman–Crippen LogP) is 5.19. The van der Waals surface area contributed by atoms with Crippen molar-refractivity contribution in [2.45, 2.75) is 6.92 Å². The first-order valence-corrected chi connectivity index (χ1v) is 13.6. The molecule has 7 aromatic rings. The van der Waals surface area contributed by atoms with Crippen LogP contribution < -0.4 is 14.8 Å². The second kappa shape index (κ2) is 9.78. The molecular weight excluding hydrogens is 556 g/mol. The van der Waals surface area contributed by atoms with E-state index in [0.29, 0.717) is 37.9 Å². The van der Waals surface area contributed by atoms with Gasteiger partial charge in [0, 0.05) is 34.3 Å². The molecule has 0 fully saturated rings. The minimum atomic E-state index is -0.503. The molecule has 42 heavy (non-hydrogen) atoms. The van der Waals surface area contributed by atoms with Crippen molar-refractivity contribution < 1.29 is 14.1 Å². The lowest BCUT2D eigenvalue weighted by Crippen LogP contribution is -2.23. The van der Waals surface area contributed by atoms with E-state index >= 15 is 0 Å². The lowest BCUT2D eigenvalue weighted by molar-refractivity contribution is -0.385. The van der Waals surface area contributed by atoms with Gasteiger partial charge in [-0.05, 0) is 43.3 Å². The van der Waals surface area contributed by atoms with E-state index in [1.807, 2.05) is 61.5 Å². The molecule has 0 spiro atoms. The van der Waals surface area contributed by atoms with Crippen molar-refractivity contribution in [3.8, 4) is 34.3 Å². The zero-order chi connectivity index (χ0) is 29.0. The van der Waals surface area contributed by atoms with E-state index in [9.17, 15) is 14.9 Å². The Hall–Kier alpha value is -5.62. The number of fused-ring (bicyclic) bond motifs is 2. The normalized spacial score (nSPS) is 12.0. The van der Waals surface area contributed by atoms with Crippen LogP contribution in [0.5, 0.6) is 5.75 Å². The number of hydrogen-bond donors (Lipinski definition) is 0. The third-order valence-electron chi connectivity index (χ3n) is 6.93. The molecule has 0 N–H and O–H groups in total. The lowest BCUT2D eigenvalue weighted by Gasteiger charge is -2.04. The highest BCUT2D eigenvalue weighted by molar-refractivity contribution is 7.15. The van der Waals surface area contributed by atoms with Gasteiger partial charge >= 0.3 is 5.69 Å². The number of nitro groups is 1. The van der Waals surface area contributed by atoms with Crippen LogP contribution in [0.1, 0.15) is 11.1 Å². The summed E-state index contributed by atoms with van der Waals surface area (Å²) in [4.78, 5) is 29.7. The second-order valence-corrected chi connectivity index (χ2v) is 10.5. The fourth-order valence-electron chi connectivity index (χ4n) is 4.87. The van der Waals surface area contributed by atoms with Crippen LogP contribution >= 0.6 is 11.3 Å². The topological polar surface area (TPSA) is 131 Å². The molecule has 0 aliphatic rings. The maximum absolute atomic E-state index is 13.5. The first kappa shape index (κ1) is 25.4. The Morgan fingerprint density at radius 1 is 1.05 bits per heavy atom. The molecule has 0 bridgehead atoms. The minimum Gasteiger partial charge on any atom is -0.490 e. The highest BCUT2D eigenvalue weighted by Gasteiger charge is 2.21. The molecule has 4 aromatic heterocycles. The number of nitro benzene ring substituents is 1. The summed E-state index contributed by atoms with van der Waals surface area (Å²) in [5, 5.41) is 21.9. The molecule has 0 amide bonds. The smallest absolute Gasteiger partial charge is 0.311 e. The van der Waals surface area contributed by atoms with Crippen LogP contribution in [0, 0.1) is 17.0 Å². The van der Waals surface area contributed by atoms with Gasteiger partial charge in [-0.1, -0.05) is 47.7 Å². The van der Waals surface area contributed by atoms with Gasteiger partial charge in [0.1, 0.15) is 11.3 Å². The van der Waals surface area contributed by atoms with Crippen LogP contribution in [-0.4, -0.2) is 36.4 Å². The highest BCUT2D eigenvalue weighted by atomic mass is 32.1. The third kappa shape index (κ3) is 4.12. The van der Waals surface area contributed by atoms with Crippen LogP contribution in [0.2, 0.25) is 0 Å². The van der Waals surface area contributed by atoms with Crippen molar-refractivity contribution in [2.75, 3.05) is 7.11 Å². The number of benzene rings is 3. The summed E-state index contributed by atoms with van der Waals surface area (Å²) in [6.45, 7) is 1.93. The molecule has 11 nitrogen and oxygen atoms in total. The van der Waals surface area contributed by atoms with Crippen molar-refractivity contribution in [3.05, 3.63) is 115 Å². The fraction of sp³-hybridized carbons (Fsp3) is 0.0667. The molecule has 12 heteroatoms. The van der Waals surface area contributed by atoms with E-state index in [0.717, 1.165) is 22.2 Å². The van der Waals surface area contributed by atoms with E-state index in [-0.39, 0.29) is 17.0 Å². The SMILES string of the molecule is COc1ccc(-c2nn(-c3ccccc3)cc2C=c2sc3nc(-c4oc5ccccc5c4C)nn3c2=O)cc1[N+](=O)[O-]. The Kier molecular flexibility index (Phi) is 5.91. The van der Waals surface area contributed by atoms with Gasteiger partial charge in [-0.15, -0.1) is 5.10 Å². The second-order valence-electron chi connectivity index (χ2n) is 9.45. The maximum atomic E-state index is 13.5. The number of aromatic nitrogens is 5. The number of methoxy groups -OCH3 is 1. The summed E-state index contributed by atoms with van der Waals surface area (Å²) in [6, 6.07) is 21.8. The molecule has 7 rings (SSSR count). The Morgan fingerprint density at radius 3 is 2.57 bits per heavy atom. The lowest BCUT2D eigenvalue weighted by atomic mass is 10.1. The van der Waals surface area contributed by atoms with E-state index in [2.05, 4.69) is 10.1 Å². The largest absolute Gasteiger partial charge is 0.490 e. The van der Waals surface area contributed by atoms with Crippen LogP contribution in [0.15, 0.2) is 88.2 Å². The summed E-state index contributed by atoms with van der Waals surface area (Å²) in [7, 11) is 1.38. The zero-order valence-corrected chi connectivity index (χ0v) is 23.0. The summed E-state index contributed by atoms with van der Waals surface area (Å²) in [5.41, 5.74) is 3.43. The van der Waals surface area contributed by atoms with Crippen LogP contribution in [0.25, 0.3) is 50.5 Å². The Morgan fingerprint density at radius 2 is 1.83 bits per heavy atom. The van der Waals surface area contributed by atoms with Gasteiger partial charge in [0.25, 0.3) is 5.56 Å². The molecule has 0 saturated heterocycles.